The second-order valence-corrected chi connectivity index (χ2v) is 0.825. The molecule has 9 heavy (non-hydrogen) atoms. The number of hydrogen-bond donors (Lipinski definition) is 2. The Bertz CT molecular complexity index is 101. The van der Waals surface area contributed by atoms with Crippen LogP contribution in [0, 0.1) is 0 Å². The first kappa shape index (κ1) is 11.6. The molecule has 0 aliphatic heterocycles. The summed E-state index contributed by atoms with van der Waals surface area (Å²) in [6.45, 7) is 0. The first-order valence-corrected chi connectivity index (χ1v) is 1.57. The van der Waals surface area contributed by atoms with Crippen molar-refractivity contribution in [3.05, 3.63) is 0 Å². The fraction of sp³-hybridized carbons (Fsp3) is 0. The molecular weight excluding hydrogens is 156 g/mol. The van der Waals surface area contributed by atoms with Crippen LogP contribution < -0.4 is 21.1 Å². The van der Waals surface area contributed by atoms with E-state index in [2.05, 4.69) is 0 Å². The van der Waals surface area contributed by atoms with Crippen LogP contribution in [0.1, 0.15) is 0 Å². The summed E-state index contributed by atoms with van der Waals surface area (Å²) >= 11 is 0. The van der Waals surface area contributed by atoms with Crippen LogP contribution in [0.4, 0.5) is 9.59 Å². The van der Waals surface area contributed by atoms with E-state index in [4.69, 9.17) is 0 Å². The summed E-state index contributed by atoms with van der Waals surface area (Å²) in [5.41, 5.74) is 2.48. The molecule has 0 aromatic rings. The molecule has 0 saturated heterocycles. The molecule has 0 atom stereocenters. The van der Waals surface area contributed by atoms with E-state index in [0.29, 0.717) is 0 Å². The van der Waals surface area contributed by atoms with Crippen molar-refractivity contribution < 1.29 is 19.8 Å². The summed E-state index contributed by atoms with van der Waals surface area (Å²) < 4.78 is 0. The van der Waals surface area contributed by atoms with Crippen molar-refractivity contribution >= 4 is 49.9 Å². The largest absolute Gasteiger partial charge is 2.00 e. The molecule has 0 aromatic heterocycles. The summed E-state index contributed by atoms with van der Waals surface area (Å²) in [5, 5.41) is 18.7. The third-order valence-electron chi connectivity index (χ3n) is 0.267. The number of nitrogens with one attached hydrogen (secondary N) is 2. The van der Waals surface area contributed by atoms with Crippen LogP contribution in [0.5, 0.6) is 0 Å². The normalized spacial score (nSPS) is 6.67. The minimum absolute atomic E-state index is 0. The van der Waals surface area contributed by atoms with Crippen LogP contribution in [0.15, 0.2) is 0 Å². The number of hydrogen-bond acceptors (Lipinski definition) is 4. The summed E-state index contributed by atoms with van der Waals surface area (Å²) in [7, 11) is 0. The number of carbonyl (C=O) groups excluding carboxylic acids is 2. The van der Waals surface area contributed by atoms with E-state index < -0.39 is 12.2 Å². The van der Waals surface area contributed by atoms with Gasteiger partial charge in [0.1, 0.15) is 0 Å². The van der Waals surface area contributed by atoms with Gasteiger partial charge in [0, 0.05) is 0 Å². The van der Waals surface area contributed by atoms with Gasteiger partial charge in [-0.2, -0.15) is 0 Å². The van der Waals surface area contributed by atoms with Gasteiger partial charge >= 0.3 is 37.7 Å². The Hall–Kier alpha value is -0.200. The van der Waals surface area contributed by atoms with Crippen LogP contribution in [-0.4, -0.2) is 49.9 Å². The Balaban J connectivity index is 0. The Morgan fingerprint density at radius 2 is 1.22 bits per heavy atom. The Morgan fingerprint density at radius 1 is 1.00 bits per heavy atom. The molecule has 0 radical (unpaired) electrons. The zero-order chi connectivity index (χ0) is 6.57. The van der Waals surface area contributed by atoms with E-state index in [1.165, 1.54) is 10.9 Å². The van der Waals surface area contributed by atoms with Gasteiger partial charge in [0.15, 0.2) is 12.2 Å². The van der Waals surface area contributed by atoms with Gasteiger partial charge in [0.2, 0.25) is 0 Å². The zero-order valence-electron chi connectivity index (χ0n) is 4.34. The molecule has 0 unspecified atom stereocenters. The number of carboxylic acid groups (broad SMARTS) is 2. The van der Waals surface area contributed by atoms with Crippen molar-refractivity contribution in [1.82, 2.24) is 10.9 Å². The Kier molecular flexibility index (Phi) is 7.63. The van der Waals surface area contributed by atoms with E-state index >= 15 is 0 Å². The number of amides is 2. The van der Waals surface area contributed by atoms with Gasteiger partial charge in [-0.25, -0.2) is 0 Å². The molecule has 0 saturated carbocycles. The maximum Gasteiger partial charge on any atom is 2.00 e. The van der Waals surface area contributed by atoms with E-state index in [1.54, 1.807) is 0 Å². The second-order valence-electron chi connectivity index (χ2n) is 0.825. The molecular formula is C2H2CaN2O4. The first-order chi connectivity index (χ1) is 3.63. The third-order valence-corrected chi connectivity index (χ3v) is 0.267. The molecule has 7 heteroatoms. The molecule has 0 rings (SSSR count). The number of hydrazine groups is 1. The van der Waals surface area contributed by atoms with Gasteiger partial charge in [-0.1, -0.05) is 0 Å². The first-order valence-electron chi connectivity index (χ1n) is 1.57. The van der Waals surface area contributed by atoms with Crippen LogP contribution >= 0.6 is 0 Å². The summed E-state index contributed by atoms with van der Waals surface area (Å²) in [5.74, 6) is 0. The average Bonchev–Trinajstić information content (AvgIpc) is 1.61. The van der Waals surface area contributed by atoms with Gasteiger partial charge in [-0.15, -0.1) is 0 Å². The Morgan fingerprint density at radius 3 is 1.33 bits per heavy atom. The van der Waals surface area contributed by atoms with Crippen LogP contribution in [0.25, 0.3) is 0 Å². The Labute approximate surface area is 80.2 Å². The predicted molar refractivity (Wildman–Crippen MR) is 22.8 cm³/mol. The number of carbonyl (C=O) groups is 2. The fourth-order valence-corrected chi connectivity index (χ4v) is 0.102. The molecule has 2 N–H and O–H groups in total. The summed E-state index contributed by atoms with van der Waals surface area (Å²) in [4.78, 5) is 18.7. The van der Waals surface area contributed by atoms with E-state index in [-0.39, 0.29) is 37.7 Å². The molecule has 0 heterocycles. The van der Waals surface area contributed by atoms with E-state index in [9.17, 15) is 19.8 Å². The second kappa shape index (κ2) is 5.93. The predicted octanol–water partition coefficient (Wildman–Crippen LogP) is -3.61. The van der Waals surface area contributed by atoms with E-state index in [0.717, 1.165) is 0 Å². The molecule has 6 nitrogen and oxygen atoms in total. The minimum Gasteiger partial charge on any atom is -0.529 e. The van der Waals surface area contributed by atoms with Crippen molar-refractivity contribution in [1.29, 1.82) is 0 Å². The SMILES string of the molecule is O=C([O-])NNC(=O)[O-].[Ca+2]. The quantitative estimate of drug-likeness (QED) is 0.280. The fourth-order valence-electron chi connectivity index (χ4n) is 0.102. The molecule has 0 bridgehead atoms. The summed E-state index contributed by atoms with van der Waals surface area (Å²) in [6.07, 6.45) is -3.46. The van der Waals surface area contributed by atoms with Gasteiger partial charge in [-0.05, 0) is 0 Å². The van der Waals surface area contributed by atoms with Gasteiger partial charge < -0.3 is 19.8 Å². The molecule has 2 amide bonds. The molecule has 0 aromatic carbocycles. The molecule has 46 valence electrons. The topological polar surface area (TPSA) is 104 Å². The smallest absolute Gasteiger partial charge is 0.529 e. The van der Waals surface area contributed by atoms with E-state index in [1.807, 2.05) is 0 Å². The monoisotopic (exact) mass is 158 g/mol. The standard InChI is InChI=1S/C2H4N2O4.Ca/c5-1(6)3-4-2(7)8;/h3-4H,(H,5,6)(H,7,8);/q;+2/p-2. The van der Waals surface area contributed by atoms with Gasteiger partial charge in [0.05, 0.1) is 0 Å². The van der Waals surface area contributed by atoms with Crippen molar-refractivity contribution in [2.75, 3.05) is 0 Å². The van der Waals surface area contributed by atoms with Crippen molar-refractivity contribution in [3.63, 3.8) is 0 Å². The van der Waals surface area contributed by atoms with Crippen molar-refractivity contribution in [3.8, 4) is 0 Å². The number of rotatable bonds is 0. The van der Waals surface area contributed by atoms with Crippen LogP contribution in [-0.2, 0) is 0 Å². The molecule has 0 aliphatic rings. The van der Waals surface area contributed by atoms with Crippen molar-refractivity contribution in [2.24, 2.45) is 0 Å². The summed E-state index contributed by atoms with van der Waals surface area (Å²) in [6, 6.07) is 0. The average molecular weight is 158 g/mol. The molecule has 0 aliphatic carbocycles. The molecule has 0 spiro atoms. The van der Waals surface area contributed by atoms with Gasteiger partial charge in [-0.3, -0.25) is 10.9 Å². The van der Waals surface area contributed by atoms with Crippen LogP contribution in [0.3, 0.4) is 0 Å². The maximum absolute atomic E-state index is 9.33. The van der Waals surface area contributed by atoms with Crippen LogP contribution in [0.2, 0.25) is 0 Å². The van der Waals surface area contributed by atoms with Gasteiger partial charge in [0.25, 0.3) is 0 Å². The zero-order valence-corrected chi connectivity index (χ0v) is 6.55. The van der Waals surface area contributed by atoms with Crippen molar-refractivity contribution in [2.45, 2.75) is 0 Å². The maximum atomic E-state index is 9.33. The third kappa shape index (κ3) is 11.4. The minimum atomic E-state index is -1.73. The molecule has 0 fully saturated rings.